The number of aromatic hydroxyl groups is 2. The molecule has 1 aromatic heterocycles. The Balaban J connectivity index is 2.14. The van der Waals surface area contributed by atoms with Gasteiger partial charge in [0.05, 0.1) is 6.54 Å². The molecule has 0 amide bonds. The third-order valence-corrected chi connectivity index (χ3v) is 4.02. The van der Waals surface area contributed by atoms with E-state index in [0.717, 1.165) is 11.4 Å². The molecule has 1 aliphatic rings. The number of nitrogens with zero attached hydrogens (tertiary/aromatic N) is 2. The van der Waals surface area contributed by atoms with Crippen LogP contribution in [0.25, 0.3) is 0 Å². The van der Waals surface area contributed by atoms with Crippen molar-refractivity contribution in [2.75, 3.05) is 32.0 Å². The third-order valence-electron chi connectivity index (χ3n) is 4.02. The molecule has 23 heavy (non-hydrogen) atoms. The number of phenolic OH excluding ortho intramolecular Hbond substituents is 2. The first-order valence-corrected chi connectivity index (χ1v) is 7.49. The third kappa shape index (κ3) is 3.12. The average molecular weight is 313 g/mol. The van der Waals surface area contributed by atoms with Crippen molar-refractivity contribution in [2.24, 2.45) is 0 Å². The zero-order valence-corrected chi connectivity index (χ0v) is 12.9. The summed E-state index contributed by atoms with van der Waals surface area (Å²) < 4.78 is 0. The van der Waals surface area contributed by atoms with Crippen LogP contribution in [0.5, 0.6) is 11.5 Å². The Morgan fingerprint density at radius 2 is 2.09 bits per heavy atom. The predicted molar refractivity (Wildman–Crippen MR) is 87.1 cm³/mol. The Kier molecular flexibility index (Phi) is 4.16. The molecule has 120 valence electrons. The highest BCUT2D eigenvalue weighted by Crippen LogP contribution is 2.34. The molecular weight excluding hydrogens is 294 g/mol. The van der Waals surface area contributed by atoms with Crippen molar-refractivity contribution in [3.63, 3.8) is 0 Å². The van der Waals surface area contributed by atoms with E-state index in [2.05, 4.69) is 10.3 Å². The number of fused-ring (bicyclic) bond motifs is 2. The van der Waals surface area contributed by atoms with Crippen LogP contribution in [0.15, 0.2) is 30.5 Å². The van der Waals surface area contributed by atoms with Gasteiger partial charge in [0.1, 0.15) is 5.82 Å². The summed E-state index contributed by atoms with van der Waals surface area (Å²) in [5.74, 6) is 0.180. The second-order valence-electron chi connectivity index (χ2n) is 5.74. The van der Waals surface area contributed by atoms with E-state index >= 15 is 0 Å². The maximum Gasteiger partial charge on any atom is 0.177 e. The van der Waals surface area contributed by atoms with E-state index in [0.29, 0.717) is 30.6 Å². The van der Waals surface area contributed by atoms with E-state index in [-0.39, 0.29) is 23.8 Å². The first kappa shape index (κ1) is 15.3. The van der Waals surface area contributed by atoms with Gasteiger partial charge in [0, 0.05) is 36.8 Å². The number of rotatable bonds is 0. The monoisotopic (exact) mass is 313 g/mol. The summed E-state index contributed by atoms with van der Waals surface area (Å²) in [6.45, 7) is 1.62. The van der Waals surface area contributed by atoms with E-state index in [4.69, 9.17) is 0 Å². The molecule has 6 heteroatoms. The van der Waals surface area contributed by atoms with Crippen molar-refractivity contribution in [1.82, 2.24) is 9.88 Å². The van der Waals surface area contributed by atoms with Gasteiger partial charge in [-0.25, -0.2) is 4.98 Å². The lowest BCUT2D eigenvalue weighted by Gasteiger charge is -2.16. The van der Waals surface area contributed by atoms with Crippen molar-refractivity contribution >= 4 is 11.6 Å². The van der Waals surface area contributed by atoms with Gasteiger partial charge in [0.2, 0.25) is 0 Å². The topological polar surface area (TPSA) is 85.7 Å². The van der Waals surface area contributed by atoms with Crippen LogP contribution in [0, 0.1) is 0 Å². The number of aromatic nitrogens is 1. The number of likely N-dealkylation sites (N-methyl/N-ethyl adjacent to an activating group) is 1. The number of ketones is 1. The fraction of sp³-hybridized carbons (Fsp3) is 0.294. The molecule has 2 aromatic rings. The number of anilines is 1. The molecule has 1 aliphatic heterocycles. The van der Waals surface area contributed by atoms with Crippen LogP contribution in [0.2, 0.25) is 0 Å². The Morgan fingerprint density at radius 3 is 2.91 bits per heavy atom. The van der Waals surface area contributed by atoms with E-state index in [1.807, 2.05) is 24.1 Å². The van der Waals surface area contributed by atoms with Gasteiger partial charge >= 0.3 is 0 Å². The number of benzene rings is 1. The van der Waals surface area contributed by atoms with Gasteiger partial charge < -0.3 is 15.5 Å². The predicted octanol–water partition coefficient (Wildman–Crippen LogP) is 1.62. The van der Waals surface area contributed by atoms with Gasteiger partial charge in [-0.15, -0.1) is 0 Å². The zero-order chi connectivity index (χ0) is 16.4. The molecule has 0 spiro atoms. The lowest BCUT2D eigenvalue weighted by molar-refractivity contribution is 0.0947. The number of hydrogen-bond acceptors (Lipinski definition) is 6. The summed E-state index contributed by atoms with van der Waals surface area (Å²) in [6, 6.07) is 6.64. The maximum absolute atomic E-state index is 12.6. The number of Topliss-reactive ketones (excluding diaryl/α,β-unsaturated/α-hetero) is 1. The SMILES string of the molecule is CN1CCNc2ncccc2Cc2c(ccc(O)c2O)C(=O)C1. The standard InChI is InChI=1S/C17H19N3O3/c1-20-8-7-19-17-11(3-2-6-18-17)9-13-12(15(22)10-20)4-5-14(21)16(13)23/h2-6,21,23H,7-10H2,1H3,(H,18,19). The normalized spacial score (nSPS) is 16.0. The Hall–Kier alpha value is -2.60. The summed E-state index contributed by atoms with van der Waals surface area (Å²) in [6.07, 6.45) is 2.02. The molecule has 0 bridgehead atoms. The number of phenols is 2. The Bertz CT molecular complexity index is 746. The van der Waals surface area contributed by atoms with Crippen LogP contribution in [0.1, 0.15) is 21.5 Å². The van der Waals surface area contributed by atoms with Gasteiger partial charge in [-0.3, -0.25) is 9.69 Å². The van der Waals surface area contributed by atoms with Crippen LogP contribution < -0.4 is 5.32 Å². The van der Waals surface area contributed by atoms with Gasteiger partial charge in [0.15, 0.2) is 17.3 Å². The minimum Gasteiger partial charge on any atom is -0.504 e. The number of carbonyl (C=O) groups excluding carboxylic acids is 1. The first-order valence-electron chi connectivity index (χ1n) is 7.49. The van der Waals surface area contributed by atoms with Crippen molar-refractivity contribution in [3.05, 3.63) is 47.2 Å². The summed E-state index contributed by atoms with van der Waals surface area (Å²) >= 11 is 0. The van der Waals surface area contributed by atoms with Gasteiger partial charge in [0.25, 0.3) is 0 Å². The lowest BCUT2D eigenvalue weighted by Crippen LogP contribution is -2.30. The van der Waals surface area contributed by atoms with Crippen LogP contribution >= 0.6 is 0 Å². The maximum atomic E-state index is 12.6. The molecule has 3 N–H and O–H groups in total. The second kappa shape index (κ2) is 6.26. The van der Waals surface area contributed by atoms with Crippen LogP contribution in [0.4, 0.5) is 5.82 Å². The number of carbonyl (C=O) groups is 1. The summed E-state index contributed by atoms with van der Waals surface area (Å²) in [4.78, 5) is 18.8. The molecule has 0 aliphatic carbocycles. The average Bonchev–Trinajstić information content (AvgIpc) is 2.54. The lowest BCUT2D eigenvalue weighted by atomic mass is 9.95. The number of pyridine rings is 1. The summed E-state index contributed by atoms with van der Waals surface area (Å²) in [5, 5.41) is 23.3. The molecule has 3 rings (SSSR count). The number of nitrogens with one attached hydrogen (secondary N) is 1. The first-order chi connectivity index (χ1) is 11.1. The molecule has 0 radical (unpaired) electrons. The highest BCUT2D eigenvalue weighted by atomic mass is 16.3. The van der Waals surface area contributed by atoms with Crippen molar-refractivity contribution in [2.45, 2.75) is 6.42 Å². The number of hydrogen-bond donors (Lipinski definition) is 3. The van der Waals surface area contributed by atoms with Gasteiger partial charge in [-0.1, -0.05) is 6.07 Å². The minimum atomic E-state index is -0.243. The van der Waals surface area contributed by atoms with Crippen LogP contribution in [-0.4, -0.2) is 52.6 Å². The zero-order valence-electron chi connectivity index (χ0n) is 12.9. The van der Waals surface area contributed by atoms with E-state index < -0.39 is 0 Å². The second-order valence-corrected chi connectivity index (χ2v) is 5.74. The van der Waals surface area contributed by atoms with Gasteiger partial charge in [-0.05, 0) is 30.8 Å². The molecular formula is C17H19N3O3. The fourth-order valence-corrected chi connectivity index (χ4v) is 2.77. The van der Waals surface area contributed by atoms with E-state index in [9.17, 15) is 15.0 Å². The molecule has 0 saturated heterocycles. The highest BCUT2D eigenvalue weighted by molar-refractivity contribution is 6.00. The quantitative estimate of drug-likeness (QED) is 0.641. The smallest absolute Gasteiger partial charge is 0.177 e. The molecule has 0 saturated carbocycles. The molecule has 2 heterocycles. The molecule has 0 atom stereocenters. The van der Waals surface area contributed by atoms with Gasteiger partial charge in [-0.2, -0.15) is 0 Å². The largest absolute Gasteiger partial charge is 0.504 e. The fourth-order valence-electron chi connectivity index (χ4n) is 2.77. The Labute approximate surface area is 134 Å². The summed E-state index contributed by atoms with van der Waals surface area (Å²) in [5.41, 5.74) is 1.73. The molecule has 0 fully saturated rings. The van der Waals surface area contributed by atoms with E-state index in [1.165, 1.54) is 6.07 Å². The van der Waals surface area contributed by atoms with Crippen molar-refractivity contribution in [1.29, 1.82) is 0 Å². The van der Waals surface area contributed by atoms with Crippen molar-refractivity contribution in [3.8, 4) is 11.5 Å². The van der Waals surface area contributed by atoms with Crippen LogP contribution in [-0.2, 0) is 6.42 Å². The molecule has 6 nitrogen and oxygen atoms in total. The van der Waals surface area contributed by atoms with E-state index in [1.54, 1.807) is 12.3 Å². The highest BCUT2D eigenvalue weighted by Gasteiger charge is 2.21. The molecule has 0 unspecified atom stereocenters. The summed E-state index contributed by atoms with van der Waals surface area (Å²) in [7, 11) is 1.87. The minimum absolute atomic E-state index is 0.0786. The molecule has 1 aromatic carbocycles. The van der Waals surface area contributed by atoms with Crippen molar-refractivity contribution < 1.29 is 15.0 Å². The Morgan fingerprint density at radius 1 is 1.26 bits per heavy atom. The van der Waals surface area contributed by atoms with Crippen LogP contribution in [0.3, 0.4) is 0 Å².